The molecule has 1 saturated heterocycles. The number of barbiturate groups is 1. The summed E-state index contributed by atoms with van der Waals surface area (Å²) in [4.78, 5) is 38.2. The first kappa shape index (κ1) is 23.4. The molecular formula is C24H14Cl2F2N2O4. The second kappa shape index (κ2) is 9.62. The molecule has 6 nitrogen and oxygen atoms in total. The molecule has 1 aliphatic heterocycles. The standard InChI is InChI=1S/C24H14Cl2F2N2O4/c25-19-10-14(11-20(26)21(19)34-12-13-1-3-15(27)4-2-13)9-18-22(31)29-24(33)30(23(18)32)17-7-5-16(28)6-8-17/h1-11H,12H2,(H,29,31,33)/b18-9-. The Morgan fingerprint density at radius 3 is 2.03 bits per heavy atom. The van der Waals surface area contributed by atoms with Gasteiger partial charge in [-0.1, -0.05) is 35.3 Å². The van der Waals surface area contributed by atoms with Crippen LogP contribution in [-0.4, -0.2) is 17.8 Å². The Bertz CT molecular complexity index is 1300. The van der Waals surface area contributed by atoms with Gasteiger partial charge in [-0.15, -0.1) is 0 Å². The van der Waals surface area contributed by atoms with Crippen LogP contribution in [0.4, 0.5) is 19.3 Å². The van der Waals surface area contributed by atoms with Crippen LogP contribution in [0.2, 0.25) is 10.0 Å². The third-order valence-electron chi connectivity index (χ3n) is 4.81. The largest absolute Gasteiger partial charge is 0.486 e. The molecule has 3 aromatic carbocycles. The van der Waals surface area contributed by atoms with Crippen molar-refractivity contribution in [2.75, 3.05) is 4.90 Å². The molecule has 1 N–H and O–H groups in total. The molecule has 0 unspecified atom stereocenters. The number of anilines is 1. The van der Waals surface area contributed by atoms with Gasteiger partial charge in [-0.3, -0.25) is 14.9 Å². The van der Waals surface area contributed by atoms with Crippen LogP contribution in [0.15, 0.2) is 66.2 Å². The van der Waals surface area contributed by atoms with Crippen molar-refractivity contribution in [2.24, 2.45) is 0 Å². The van der Waals surface area contributed by atoms with Crippen LogP contribution in [0, 0.1) is 11.6 Å². The molecule has 1 aliphatic rings. The van der Waals surface area contributed by atoms with Crippen LogP contribution in [0.5, 0.6) is 5.75 Å². The fourth-order valence-electron chi connectivity index (χ4n) is 3.19. The Hall–Kier alpha value is -3.75. The van der Waals surface area contributed by atoms with Crippen molar-refractivity contribution < 1.29 is 27.9 Å². The highest BCUT2D eigenvalue weighted by molar-refractivity contribution is 6.40. The van der Waals surface area contributed by atoms with Gasteiger partial charge in [0.25, 0.3) is 11.8 Å². The summed E-state index contributed by atoms with van der Waals surface area (Å²) < 4.78 is 31.9. The average Bonchev–Trinajstić information content (AvgIpc) is 2.78. The molecule has 34 heavy (non-hydrogen) atoms. The van der Waals surface area contributed by atoms with Gasteiger partial charge < -0.3 is 4.74 Å². The van der Waals surface area contributed by atoms with E-state index in [2.05, 4.69) is 5.32 Å². The Balaban J connectivity index is 1.60. The third-order valence-corrected chi connectivity index (χ3v) is 5.38. The van der Waals surface area contributed by atoms with Gasteiger partial charge >= 0.3 is 6.03 Å². The van der Waals surface area contributed by atoms with E-state index in [0.29, 0.717) is 11.1 Å². The number of halogens is 4. The van der Waals surface area contributed by atoms with E-state index in [1.54, 1.807) is 12.1 Å². The van der Waals surface area contributed by atoms with Crippen LogP contribution >= 0.6 is 23.2 Å². The molecule has 3 aromatic rings. The quantitative estimate of drug-likeness (QED) is 0.368. The molecule has 0 aliphatic carbocycles. The summed E-state index contributed by atoms with van der Waals surface area (Å²) in [7, 11) is 0. The number of benzene rings is 3. The molecule has 0 atom stereocenters. The normalized spacial score (nSPS) is 15.0. The van der Waals surface area contributed by atoms with Crippen molar-refractivity contribution >= 4 is 52.8 Å². The lowest BCUT2D eigenvalue weighted by atomic mass is 10.1. The van der Waals surface area contributed by atoms with E-state index in [4.69, 9.17) is 27.9 Å². The second-order valence-electron chi connectivity index (χ2n) is 7.16. The van der Waals surface area contributed by atoms with Gasteiger partial charge in [0.2, 0.25) is 0 Å². The maximum atomic E-state index is 13.2. The van der Waals surface area contributed by atoms with Crippen molar-refractivity contribution in [1.82, 2.24) is 5.32 Å². The highest BCUT2D eigenvalue weighted by Crippen LogP contribution is 2.36. The van der Waals surface area contributed by atoms with Gasteiger partial charge in [-0.05, 0) is 65.7 Å². The van der Waals surface area contributed by atoms with Crippen LogP contribution in [0.25, 0.3) is 6.08 Å². The number of hydrogen-bond acceptors (Lipinski definition) is 4. The van der Waals surface area contributed by atoms with Gasteiger partial charge in [-0.25, -0.2) is 18.5 Å². The van der Waals surface area contributed by atoms with Crippen molar-refractivity contribution in [3.05, 3.63) is 99.0 Å². The summed E-state index contributed by atoms with van der Waals surface area (Å²) in [5.41, 5.74) is 0.727. The first-order chi connectivity index (χ1) is 16.2. The molecule has 4 rings (SSSR count). The predicted molar refractivity (Wildman–Crippen MR) is 123 cm³/mol. The third kappa shape index (κ3) is 4.93. The number of carbonyl (C=O) groups excluding carboxylic acids is 3. The van der Waals surface area contributed by atoms with Gasteiger partial charge in [0.15, 0.2) is 5.75 Å². The number of nitrogens with one attached hydrogen (secondary N) is 1. The maximum absolute atomic E-state index is 13.2. The molecule has 0 radical (unpaired) electrons. The monoisotopic (exact) mass is 502 g/mol. The molecule has 10 heteroatoms. The van der Waals surface area contributed by atoms with Crippen molar-refractivity contribution in [2.45, 2.75) is 6.61 Å². The lowest BCUT2D eigenvalue weighted by molar-refractivity contribution is -0.122. The van der Waals surface area contributed by atoms with Gasteiger partial charge in [0.1, 0.15) is 23.8 Å². The van der Waals surface area contributed by atoms with Gasteiger partial charge in [-0.2, -0.15) is 0 Å². The molecule has 1 fully saturated rings. The predicted octanol–water partition coefficient (Wildman–Crippen LogP) is 5.52. The Morgan fingerprint density at radius 1 is 0.882 bits per heavy atom. The van der Waals surface area contributed by atoms with E-state index < -0.39 is 23.7 Å². The lowest BCUT2D eigenvalue weighted by Crippen LogP contribution is -2.54. The smallest absolute Gasteiger partial charge is 0.335 e. The molecular weight excluding hydrogens is 489 g/mol. The van der Waals surface area contributed by atoms with E-state index in [1.807, 2.05) is 0 Å². The lowest BCUT2D eigenvalue weighted by Gasteiger charge is -2.26. The second-order valence-corrected chi connectivity index (χ2v) is 7.98. The molecule has 0 saturated carbocycles. The summed E-state index contributed by atoms with van der Waals surface area (Å²) >= 11 is 12.6. The molecule has 0 aromatic heterocycles. The Morgan fingerprint density at radius 2 is 1.44 bits per heavy atom. The van der Waals surface area contributed by atoms with Crippen LogP contribution < -0.4 is 15.0 Å². The van der Waals surface area contributed by atoms with E-state index >= 15 is 0 Å². The molecule has 0 spiro atoms. The first-order valence-electron chi connectivity index (χ1n) is 9.76. The minimum atomic E-state index is -0.959. The number of nitrogens with zero attached hydrogens (tertiary/aromatic N) is 1. The van der Waals surface area contributed by atoms with E-state index in [1.165, 1.54) is 42.5 Å². The number of rotatable bonds is 5. The number of urea groups is 1. The summed E-state index contributed by atoms with van der Waals surface area (Å²) in [6.07, 6.45) is 1.22. The minimum Gasteiger partial charge on any atom is -0.486 e. The summed E-state index contributed by atoms with van der Waals surface area (Å²) in [6.45, 7) is 0.0792. The fourth-order valence-corrected chi connectivity index (χ4v) is 3.80. The molecule has 1 heterocycles. The van der Waals surface area contributed by atoms with E-state index in [-0.39, 0.29) is 39.5 Å². The first-order valence-corrected chi connectivity index (χ1v) is 10.5. The van der Waals surface area contributed by atoms with Crippen LogP contribution in [-0.2, 0) is 16.2 Å². The summed E-state index contributed by atoms with van der Waals surface area (Å²) in [5.74, 6) is -2.57. The highest BCUT2D eigenvalue weighted by Gasteiger charge is 2.36. The highest BCUT2D eigenvalue weighted by atomic mass is 35.5. The van der Waals surface area contributed by atoms with Crippen molar-refractivity contribution in [3.8, 4) is 5.75 Å². The summed E-state index contributed by atoms with van der Waals surface area (Å²) in [6, 6.07) is 12.2. The summed E-state index contributed by atoms with van der Waals surface area (Å²) in [5, 5.41) is 2.29. The topological polar surface area (TPSA) is 75.7 Å². The van der Waals surface area contributed by atoms with Crippen molar-refractivity contribution in [1.29, 1.82) is 0 Å². The molecule has 4 amide bonds. The van der Waals surface area contributed by atoms with Crippen molar-refractivity contribution in [3.63, 3.8) is 0 Å². The van der Waals surface area contributed by atoms with Gasteiger partial charge in [0, 0.05) is 0 Å². The number of amides is 4. The number of ether oxygens (including phenoxy) is 1. The number of hydrogen-bond donors (Lipinski definition) is 1. The van der Waals surface area contributed by atoms with E-state index in [0.717, 1.165) is 17.0 Å². The fraction of sp³-hybridized carbons (Fsp3) is 0.0417. The molecule has 0 bridgehead atoms. The van der Waals surface area contributed by atoms with Crippen LogP contribution in [0.3, 0.4) is 0 Å². The zero-order valence-corrected chi connectivity index (χ0v) is 18.7. The minimum absolute atomic E-state index is 0.0792. The SMILES string of the molecule is O=C1NC(=O)N(c2ccc(F)cc2)C(=O)/C1=C\c1cc(Cl)c(OCc2ccc(F)cc2)c(Cl)c1. The van der Waals surface area contributed by atoms with Gasteiger partial charge in [0.05, 0.1) is 15.7 Å². The van der Waals surface area contributed by atoms with Crippen LogP contribution in [0.1, 0.15) is 11.1 Å². The number of carbonyl (C=O) groups is 3. The molecule has 172 valence electrons. The zero-order chi connectivity index (χ0) is 24.4. The average molecular weight is 503 g/mol. The van der Waals surface area contributed by atoms with E-state index in [9.17, 15) is 23.2 Å². The number of imide groups is 2. The Labute approximate surface area is 202 Å². The zero-order valence-electron chi connectivity index (χ0n) is 17.2. The maximum Gasteiger partial charge on any atom is 0.335 e. The Kier molecular flexibility index (Phi) is 6.63.